The van der Waals surface area contributed by atoms with Gasteiger partial charge < -0.3 is 19.2 Å². The van der Waals surface area contributed by atoms with Gasteiger partial charge in [-0.2, -0.15) is 7.82 Å². The number of rotatable bonds is 0. The Labute approximate surface area is 84.2 Å². The molecule has 4 nitrogen and oxygen atoms in total. The summed E-state index contributed by atoms with van der Waals surface area (Å²) in [6.45, 7) is 0. The number of phosphoric acid groups is 1. The monoisotopic (exact) mass is 206 g/mol. The molecule has 8 heavy (non-hydrogen) atoms. The molecule has 0 unspecified atom stereocenters. The average Bonchev–Trinajstić information content (AvgIpc) is 0.722. The third kappa shape index (κ3) is 102. The minimum absolute atomic E-state index is 0. The van der Waals surface area contributed by atoms with Gasteiger partial charge in [-0.05, 0) is 0 Å². The third-order valence-electron chi connectivity index (χ3n) is 0. The van der Waals surface area contributed by atoms with Gasteiger partial charge in [-0.25, -0.2) is 0 Å². The summed E-state index contributed by atoms with van der Waals surface area (Å²) in [6, 6.07) is 0. The molecule has 0 radical (unpaired) electrons. The maximum Gasteiger partial charge on any atom is 4.00 e. The van der Waals surface area contributed by atoms with Crippen molar-refractivity contribution in [3.05, 3.63) is 0 Å². The second-order valence-corrected chi connectivity index (χ2v) is 1.34. The van der Waals surface area contributed by atoms with Gasteiger partial charge in [0.25, 0.3) is 0 Å². The zero-order valence-electron chi connectivity index (χ0n) is 3.93. The maximum absolute atomic E-state index is 8.55. The van der Waals surface area contributed by atoms with Crippen LogP contribution in [0.5, 0.6) is 0 Å². The Hall–Kier alpha value is 1.94. The zero-order chi connectivity index (χ0) is 4.50. The first-order valence-electron chi connectivity index (χ1n) is 0.730. The van der Waals surface area contributed by atoms with Crippen LogP contribution in [0.1, 0.15) is 0 Å². The third-order valence-corrected chi connectivity index (χ3v) is 0. The normalized spacial score (nSPS) is 7.38. The van der Waals surface area contributed by atoms with Crippen molar-refractivity contribution in [3.63, 3.8) is 0 Å². The second kappa shape index (κ2) is 8.94. The molecule has 0 spiro atoms. The molecule has 8 heteroatoms. The van der Waals surface area contributed by atoms with E-state index in [2.05, 4.69) is 0 Å². The van der Waals surface area contributed by atoms with Gasteiger partial charge in [0.15, 0.2) is 0 Å². The zero-order valence-corrected chi connectivity index (χ0v) is 7.49. The largest absolute Gasteiger partial charge is 4.00 e. The summed E-state index contributed by atoms with van der Waals surface area (Å²) in [5.41, 5.74) is 0. The van der Waals surface area contributed by atoms with Crippen molar-refractivity contribution in [3.8, 4) is 0 Å². The molecule has 0 aliphatic heterocycles. The molecule has 0 amide bonds. The fourth-order valence-electron chi connectivity index (χ4n) is 0. The summed E-state index contributed by atoms with van der Waals surface area (Å²) in [5, 5.41) is 0. The molecule has 0 N–H and O–H groups in total. The van der Waals surface area contributed by atoms with E-state index in [9.17, 15) is 0 Å². The van der Waals surface area contributed by atoms with Crippen LogP contribution in [0.4, 0.5) is 0 Å². The van der Waals surface area contributed by atoms with Gasteiger partial charge in [0, 0.05) is 0 Å². The minimum atomic E-state index is -5.39. The van der Waals surface area contributed by atoms with E-state index >= 15 is 0 Å². The van der Waals surface area contributed by atoms with Crippen molar-refractivity contribution in [2.24, 2.45) is 0 Å². The van der Waals surface area contributed by atoms with Crippen LogP contribution in [0.15, 0.2) is 0 Å². The van der Waals surface area contributed by atoms with E-state index in [1.165, 1.54) is 0 Å². The number of hydrogen-bond acceptors (Lipinski definition) is 4. The van der Waals surface area contributed by atoms with Crippen molar-refractivity contribution < 1.29 is 76.9 Å². The second-order valence-electron chi connectivity index (χ2n) is 0.447. The molecule has 0 heterocycles. The van der Waals surface area contributed by atoms with Crippen LogP contribution < -0.4 is 33.5 Å². The van der Waals surface area contributed by atoms with Gasteiger partial charge in [0.05, 0.1) is 0 Å². The first kappa shape index (κ1) is 22.5. The van der Waals surface area contributed by atoms with E-state index in [1.54, 1.807) is 0 Å². The van der Waals surface area contributed by atoms with Crippen molar-refractivity contribution in [2.45, 2.75) is 0 Å². The Morgan fingerprint density at radius 1 is 1.12 bits per heavy atom. The Balaban J connectivity index is -0.0000000267. The van der Waals surface area contributed by atoms with Gasteiger partial charge in [-0.1, -0.05) is 0 Å². The Kier molecular flexibility index (Phi) is 25.2. The van der Waals surface area contributed by atoms with Gasteiger partial charge in [-0.3, -0.25) is 0 Å². The molecule has 0 bridgehead atoms. The first-order chi connectivity index (χ1) is 2.00. The topological polar surface area (TPSA) is 86.2 Å². The Bertz CT molecular complexity index is 62.2. The van der Waals surface area contributed by atoms with Crippen LogP contribution in [0.2, 0.25) is 0 Å². The van der Waals surface area contributed by atoms with E-state index < -0.39 is 7.82 Å². The standard InChI is InChI=1S/Fe.Li.H3O4P.Ti/c;;1-5(2,3)4;/h;;(H3,1,2,3,4);/q+2;+1;;+4/p-3. The fraction of sp³-hybridized carbons (Fsp3) is 0. The molecule has 0 atom stereocenters. The Morgan fingerprint density at radius 2 is 1.12 bits per heavy atom. The van der Waals surface area contributed by atoms with E-state index in [1.807, 2.05) is 0 Å². The summed E-state index contributed by atoms with van der Waals surface area (Å²) in [4.78, 5) is 25.6. The van der Waals surface area contributed by atoms with Crippen LogP contribution in [0, 0.1) is 0 Å². The van der Waals surface area contributed by atoms with Gasteiger partial charge in [0.1, 0.15) is 0 Å². The molecule has 38 valence electrons. The van der Waals surface area contributed by atoms with Crippen LogP contribution in [0.3, 0.4) is 0 Å². The molecule has 0 aliphatic carbocycles. The van der Waals surface area contributed by atoms with Crippen molar-refractivity contribution in [1.82, 2.24) is 0 Å². The summed E-state index contributed by atoms with van der Waals surface area (Å²) in [6.07, 6.45) is 0. The van der Waals surface area contributed by atoms with Crippen LogP contribution in [0.25, 0.3) is 0 Å². The summed E-state index contributed by atoms with van der Waals surface area (Å²) < 4.78 is 8.55. The van der Waals surface area contributed by atoms with Gasteiger partial charge in [-0.15, -0.1) is 0 Å². The predicted octanol–water partition coefficient (Wildman–Crippen LogP) is -5.83. The summed E-state index contributed by atoms with van der Waals surface area (Å²) >= 11 is 0. The minimum Gasteiger partial charge on any atom is -0.822 e. The molecular weight excluding hydrogens is 206 g/mol. The molecule has 0 saturated carbocycles. The van der Waals surface area contributed by atoms with E-state index in [-0.39, 0.29) is 57.6 Å². The average molecular weight is 206 g/mol. The van der Waals surface area contributed by atoms with Crippen LogP contribution in [-0.4, -0.2) is 0 Å². The van der Waals surface area contributed by atoms with E-state index in [4.69, 9.17) is 19.2 Å². The molecule has 0 rings (SSSR count). The first-order valence-corrected chi connectivity index (χ1v) is 2.19. The summed E-state index contributed by atoms with van der Waals surface area (Å²) in [5.74, 6) is 0. The number of hydrogen-bond donors (Lipinski definition) is 0. The molecular formula is FeLiO4PTi+4. The Morgan fingerprint density at radius 3 is 1.12 bits per heavy atom. The smallest absolute Gasteiger partial charge is 0.822 e. The molecule has 0 fully saturated rings. The van der Waals surface area contributed by atoms with Gasteiger partial charge >= 0.3 is 57.6 Å². The van der Waals surface area contributed by atoms with Crippen LogP contribution >= 0.6 is 7.82 Å². The maximum atomic E-state index is 8.55. The molecule has 0 aromatic carbocycles. The van der Waals surface area contributed by atoms with Gasteiger partial charge in [0.2, 0.25) is 0 Å². The summed E-state index contributed by atoms with van der Waals surface area (Å²) in [7, 11) is -5.39. The quantitative estimate of drug-likeness (QED) is 0.291. The van der Waals surface area contributed by atoms with Crippen LogP contribution in [-0.2, 0) is 43.4 Å². The van der Waals surface area contributed by atoms with E-state index in [0.717, 1.165) is 0 Å². The van der Waals surface area contributed by atoms with E-state index in [0.29, 0.717) is 0 Å². The SMILES string of the molecule is O=P([O-])([O-])[O-].[Fe+2].[Li+].[Ti+4]. The molecule has 0 aromatic heterocycles. The van der Waals surface area contributed by atoms with Crippen molar-refractivity contribution in [2.75, 3.05) is 0 Å². The fourth-order valence-corrected chi connectivity index (χ4v) is 0. The predicted molar refractivity (Wildman–Crippen MR) is 7.61 cm³/mol. The van der Waals surface area contributed by atoms with Crippen molar-refractivity contribution in [1.29, 1.82) is 0 Å². The van der Waals surface area contributed by atoms with Crippen molar-refractivity contribution >= 4 is 7.82 Å². The molecule has 0 aromatic rings. The molecule has 0 aliphatic rings. The molecule has 0 saturated heterocycles.